The second-order valence-corrected chi connectivity index (χ2v) is 6.70. The summed E-state index contributed by atoms with van der Waals surface area (Å²) >= 11 is 0. The summed E-state index contributed by atoms with van der Waals surface area (Å²) in [6.07, 6.45) is 3.00. The van der Waals surface area contributed by atoms with Crippen molar-refractivity contribution in [2.24, 2.45) is 5.92 Å². The molecule has 0 aromatic heterocycles. The van der Waals surface area contributed by atoms with Crippen molar-refractivity contribution in [2.75, 3.05) is 18.5 Å². The molecule has 25 heavy (non-hydrogen) atoms. The molecule has 0 unspecified atom stereocenters. The van der Waals surface area contributed by atoms with Gasteiger partial charge in [0.15, 0.2) is 0 Å². The Balaban J connectivity index is 1.54. The number of rotatable bonds is 5. The van der Waals surface area contributed by atoms with Crippen LogP contribution in [0.2, 0.25) is 0 Å². The zero-order valence-electron chi connectivity index (χ0n) is 14.0. The van der Waals surface area contributed by atoms with Crippen LogP contribution in [0.4, 0.5) is 10.1 Å². The quantitative estimate of drug-likeness (QED) is 0.876. The fourth-order valence-electron chi connectivity index (χ4n) is 3.09. The molecule has 2 N–H and O–H groups in total. The van der Waals surface area contributed by atoms with Crippen molar-refractivity contribution in [1.29, 1.82) is 0 Å². The molecular weight excluding hydrogens is 319 g/mol. The van der Waals surface area contributed by atoms with Crippen LogP contribution in [0.1, 0.15) is 34.3 Å². The summed E-state index contributed by atoms with van der Waals surface area (Å²) in [5.41, 5.74) is 2.30. The van der Waals surface area contributed by atoms with E-state index in [4.69, 9.17) is 4.74 Å². The number of carbonyl (C=O) groups is 1. The van der Waals surface area contributed by atoms with E-state index in [1.165, 1.54) is 12.8 Å². The maximum atomic E-state index is 14.7. The standard InChI is InChI=1S/C20H21FN2O2/c21-19-15-9-10-22-11-14(15)7-8-17(19)23-20(24)16-3-1-2-4-18(16)25-12-13-5-6-13/h1-4,7-8,13,22H,5-6,9-12H2,(H,23,24). The number of nitrogens with one attached hydrogen (secondary N) is 2. The van der Waals surface area contributed by atoms with Crippen LogP contribution < -0.4 is 15.4 Å². The largest absolute Gasteiger partial charge is 0.492 e. The van der Waals surface area contributed by atoms with Crippen LogP contribution in [-0.2, 0) is 13.0 Å². The maximum absolute atomic E-state index is 14.7. The number of hydrogen-bond acceptors (Lipinski definition) is 3. The fraction of sp³-hybridized carbons (Fsp3) is 0.350. The van der Waals surface area contributed by atoms with Crippen LogP contribution in [-0.4, -0.2) is 19.1 Å². The van der Waals surface area contributed by atoms with Crippen molar-refractivity contribution in [3.05, 3.63) is 58.9 Å². The molecule has 4 rings (SSSR count). The summed E-state index contributed by atoms with van der Waals surface area (Å²) in [5.74, 6) is 0.472. The summed E-state index contributed by atoms with van der Waals surface area (Å²) in [7, 11) is 0. The fourth-order valence-corrected chi connectivity index (χ4v) is 3.09. The Labute approximate surface area is 146 Å². The van der Waals surface area contributed by atoms with Crippen LogP contribution in [0.25, 0.3) is 0 Å². The van der Waals surface area contributed by atoms with E-state index in [1.807, 2.05) is 12.1 Å². The first-order chi connectivity index (χ1) is 12.2. The van der Waals surface area contributed by atoms with Gasteiger partial charge in [-0.1, -0.05) is 18.2 Å². The highest BCUT2D eigenvalue weighted by Crippen LogP contribution is 2.31. The Hall–Kier alpha value is -2.40. The van der Waals surface area contributed by atoms with Crippen molar-refractivity contribution in [3.63, 3.8) is 0 Å². The molecule has 1 aliphatic carbocycles. The van der Waals surface area contributed by atoms with Gasteiger partial charge in [0.25, 0.3) is 5.91 Å². The van der Waals surface area contributed by atoms with Crippen molar-refractivity contribution in [3.8, 4) is 5.75 Å². The average molecular weight is 340 g/mol. The van der Waals surface area contributed by atoms with E-state index in [1.54, 1.807) is 24.3 Å². The van der Waals surface area contributed by atoms with Crippen LogP contribution in [0.5, 0.6) is 5.75 Å². The number of ether oxygens (including phenoxy) is 1. The molecule has 0 atom stereocenters. The molecule has 1 amide bonds. The third-order valence-electron chi connectivity index (χ3n) is 4.76. The van der Waals surface area contributed by atoms with Gasteiger partial charge in [-0.05, 0) is 61.1 Å². The zero-order chi connectivity index (χ0) is 17.2. The third-order valence-corrected chi connectivity index (χ3v) is 4.76. The summed E-state index contributed by atoms with van der Waals surface area (Å²) in [4.78, 5) is 12.6. The van der Waals surface area contributed by atoms with Crippen LogP contribution in [0.3, 0.4) is 0 Å². The smallest absolute Gasteiger partial charge is 0.259 e. The molecule has 0 spiro atoms. The molecule has 2 aromatic carbocycles. The van der Waals surface area contributed by atoms with E-state index in [0.717, 1.165) is 12.1 Å². The number of halogens is 1. The lowest BCUT2D eigenvalue weighted by Crippen LogP contribution is -2.25. The number of fused-ring (bicyclic) bond motifs is 1. The lowest BCUT2D eigenvalue weighted by Gasteiger charge is -2.19. The topological polar surface area (TPSA) is 50.4 Å². The first kappa shape index (κ1) is 16.1. The van der Waals surface area contributed by atoms with Gasteiger partial charge in [-0.25, -0.2) is 4.39 Å². The van der Waals surface area contributed by atoms with Gasteiger partial charge in [0.2, 0.25) is 0 Å². The molecule has 130 valence electrons. The predicted molar refractivity (Wildman–Crippen MR) is 94.4 cm³/mol. The van der Waals surface area contributed by atoms with Gasteiger partial charge in [0, 0.05) is 6.54 Å². The predicted octanol–water partition coefficient (Wildman–Crippen LogP) is 3.51. The minimum absolute atomic E-state index is 0.225. The highest BCUT2D eigenvalue weighted by Gasteiger charge is 2.23. The first-order valence-electron chi connectivity index (χ1n) is 8.76. The Bertz CT molecular complexity index is 802. The highest BCUT2D eigenvalue weighted by atomic mass is 19.1. The highest BCUT2D eigenvalue weighted by molar-refractivity contribution is 6.06. The molecule has 4 nitrogen and oxygen atoms in total. The van der Waals surface area contributed by atoms with Crippen molar-refractivity contribution in [2.45, 2.75) is 25.8 Å². The Morgan fingerprint density at radius 3 is 2.92 bits per heavy atom. The Kier molecular flexibility index (Phi) is 4.40. The molecule has 1 fully saturated rings. The van der Waals surface area contributed by atoms with Crippen LogP contribution >= 0.6 is 0 Å². The SMILES string of the molecule is O=C(Nc1ccc2c(c1F)CCNC2)c1ccccc1OCC1CC1. The minimum Gasteiger partial charge on any atom is -0.492 e. The molecule has 5 heteroatoms. The molecule has 0 saturated heterocycles. The van der Waals surface area contributed by atoms with E-state index in [2.05, 4.69) is 10.6 Å². The zero-order valence-corrected chi connectivity index (χ0v) is 14.0. The van der Waals surface area contributed by atoms with Gasteiger partial charge >= 0.3 is 0 Å². The molecule has 1 heterocycles. The normalized spacial score (nSPS) is 16.2. The number of hydrogen-bond donors (Lipinski definition) is 2. The van der Waals surface area contributed by atoms with E-state index in [0.29, 0.717) is 42.4 Å². The monoisotopic (exact) mass is 340 g/mol. The first-order valence-corrected chi connectivity index (χ1v) is 8.76. The third kappa shape index (κ3) is 3.51. The van der Waals surface area contributed by atoms with Crippen molar-refractivity contribution >= 4 is 11.6 Å². The summed E-state index contributed by atoms with van der Waals surface area (Å²) in [5, 5.41) is 5.93. The van der Waals surface area contributed by atoms with E-state index in [9.17, 15) is 9.18 Å². The van der Waals surface area contributed by atoms with Gasteiger partial charge in [-0.15, -0.1) is 0 Å². The number of amides is 1. The second kappa shape index (κ2) is 6.84. The molecule has 0 radical (unpaired) electrons. The van der Waals surface area contributed by atoms with Crippen molar-refractivity contribution < 1.29 is 13.9 Å². The average Bonchev–Trinajstić information content (AvgIpc) is 3.47. The molecule has 2 aliphatic rings. The van der Waals surface area contributed by atoms with Crippen molar-refractivity contribution in [1.82, 2.24) is 5.32 Å². The van der Waals surface area contributed by atoms with E-state index < -0.39 is 0 Å². The molecular formula is C20H21FN2O2. The Morgan fingerprint density at radius 1 is 1.24 bits per heavy atom. The molecule has 2 aromatic rings. The number of anilines is 1. The van der Waals surface area contributed by atoms with Gasteiger partial charge in [-0.2, -0.15) is 0 Å². The molecule has 0 bridgehead atoms. The number of benzene rings is 2. The molecule has 1 saturated carbocycles. The van der Waals surface area contributed by atoms with Crippen LogP contribution in [0, 0.1) is 11.7 Å². The lowest BCUT2D eigenvalue weighted by atomic mass is 9.99. The number of para-hydroxylation sites is 1. The van der Waals surface area contributed by atoms with E-state index in [-0.39, 0.29) is 17.4 Å². The maximum Gasteiger partial charge on any atom is 0.259 e. The van der Waals surface area contributed by atoms with Crippen LogP contribution in [0.15, 0.2) is 36.4 Å². The minimum atomic E-state index is -0.348. The lowest BCUT2D eigenvalue weighted by molar-refractivity contribution is 0.102. The number of carbonyl (C=O) groups excluding carboxylic acids is 1. The van der Waals surface area contributed by atoms with Gasteiger partial charge in [0.05, 0.1) is 17.9 Å². The van der Waals surface area contributed by atoms with Gasteiger partial charge in [0.1, 0.15) is 11.6 Å². The summed E-state index contributed by atoms with van der Waals surface area (Å²) in [6.45, 7) is 2.04. The Morgan fingerprint density at radius 2 is 2.08 bits per heavy atom. The van der Waals surface area contributed by atoms with Gasteiger partial charge < -0.3 is 15.4 Å². The van der Waals surface area contributed by atoms with Gasteiger partial charge in [-0.3, -0.25) is 4.79 Å². The summed E-state index contributed by atoms with van der Waals surface area (Å²) < 4.78 is 20.5. The summed E-state index contributed by atoms with van der Waals surface area (Å²) in [6, 6.07) is 10.6. The van der Waals surface area contributed by atoms with E-state index >= 15 is 0 Å². The molecule has 1 aliphatic heterocycles. The second-order valence-electron chi connectivity index (χ2n) is 6.70.